The van der Waals surface area contributed by atoms with Crippen LogP contribution in [0.15, 0.2) is 36.5 Å². The van der Waals surface area contributed by atoms with E-state index in [2.05, 4.69) is 21.2 Å². The molecule has 0 bridgehead atoms. The Hall–Kier alpha value is -2.48. The Morgan fingerprint density at radius 3 is 2.62 bits per heavy atom. The number of halogens is 4. The topological polar surface area (TPSA) is 42.7 Å². The van der Waals surface area contributed by atoms with Crippen LogP contribution in [0.2, 0.25) is 5.02 Å². The Kier molecular flexibility index (Phi) is 4.17. The Bertz CT molecular complexity index is 1070. The average molecular weight is 423 g/mol. The van der Waals surface area contributed by atoms with Gasteiger partial charge in [-0.2, -0.15) is 13.2 Å². The van der Waals surface area contributed by atoms with E-state index in [0.717, 1.165) is 37.4 Å². The van der Waals surface area contributed by atoms with Crippen LogP contribution in [0.1, 0.15) is 24.2 Å². The van der Waals surface area contributed by atoms with Gasteiger partial charge >= 0.3 is 6.18 Å². The molecular formula is C20H18ClF3N4O. The molecule has 152 valence electrons. The minimum atomic E-state index is -4.35. The van der Waals surface area contributed by atoms with E-state index in [4.69, 9.17) is 16.3 Å². The molecule has 5 nitrogen and oxygen atoms in total. The number of hydrogen-bond donors (Lipinski definition) is 0. The summed E-state index contributed by atoms with van der Waals surface area (Å²) in [6, 6.07) is 9.90. The Morgan fingerprint density at radius 1 is 1.10 bits per heavy atom. The van der Waals surface area contributed by atoms with Crippen molar-refractivity contribution in [3.63, 3.8) is 0 Å². The Labute approximate surface area is 170 Å². The zero-order valence-electron chi connectivity index (χ0n) is 15.4. The molecule has 1 aromatic carbocycles. The fourth-order valence-electron chi connectivity index (χ4n) is 4.42. The van der Waals surface area contributed by atoms with Gasteiger partial charge in [-0.1, -0.05) is 29.8 Å². The minimum Gasteiger partial charge on any atom is -0.492 e. The van der Waals surface area contributed by atoms with E-state index in [0.29, 0.717) is 11.6 Å². The number of aromatic nitrogens is 3. The van der Waals surface area contributed by atoms with Gasteiger partial charge in [0.1, 0.15) is 23.0 Å². The van der Waals surface area contributed by atoms with E-state index in [1.165, 1.54) is 9.96 Å². The molecule has 3 aromatic rings. The molecule has 4 heterocycles. The standard InChI is InChI=1S/C20H18ClF3N4O/c21-17-14(5-8-28-16(11-20(22,23)24)25-26-18(17)28)27-9-6-19(7-10-27)12-29-15-4-2-1-3-13(15)19/h1-5,8H,6-7,9-12H2. The molecule has 5 rings (SSSR count). The SMILES string of the molecule is FC(F)(F)Cc1nnc2c(Cl)c(N3CCC4(CC3)COc3ccccc34)ccn12. The number of anilines is 1. The lowest BCUT2D eigenvalue weighted by Crippen LogP contribution is -2.43. The molecule has 0 unspecified atom stereocenters. The first-order valence-corrected chi connectivity index (χ1v) is 9.80. The van der Waals surface area contributed by atoms with Crippen LogP contribution in [0.3, 0.4) is 0 Å². The predicted octanol–water partition coefficient (Wildman–Crippen LogP) is 4.42. The summed E-state index contributed by atoms with van der Waals surface area (Å²) in [6.45, 7) is 2.23. The van der Waals surface area contributed by atoms with Crippen molar-refractivity contribution in [2.45, 2.75) is 30.9 Å². The number of alkyl halides is 3. The molecule has 9 heteroatoms. The smallest absolute Gasteiger partial charge is 0.396 e. The number of para-hydroxylation sites is 1. The van der Waals surface area contributed by atoms with Crippen LogP contribution in [0.5, 0.6) is 5.75 Å². The van der Waals surface area contributed by atoms with Gasteiger partial charge in [0, 0.05) is 30.3 Å². The molecule has 0 aliphatic carbocycles. The zero-order valence-corrected chi connectivity index (χ0v) is 16.2. The first kappa shape index (κ1) is 18.5. The van der Waals surface area contributed by atoms with Crippen molar-refractivity contribution in [2.75, 3.05) is 24.6 Å². The van der Waals surface area contributed by atoms with E-state index >= 15 is 0 Å². The molecule has 1 fully saturated rings. The maximum Gasteiger partial charge on any atom is 0.396 e. The summed E-state index contributed by atoms with van der Waals surface area (Å²) in [6.07, 6.45) is -2.10. The largest absolute Gasteiger partial charge is 0.492 e. The van der Waals surface area contributed by atoms with Crippen LogP contribution < -0.4 is 9.64 Å². The quantitative estimate of drug-likeness (QED) is 0.613. The number of fused-ring (bicyclic) bond motifs is 3. The number of nitrogens with zero attached hydrogens (tertiary/aromatic N) is 4. The van der Waals surface area contributed by atoms with Crippen LogP contribution in [-0.2, 0) is 11.8 Å². The number of pyridine rings is 1. The predicted molar refractivity (Wildman–Crippen MR) is 103 cm³/mol. The van der Waals surface area contributed by atoms with Gasteiger partial charge in [0.15, 0.2) is 5.65 Å². The molecule has 0 saturated carbocycles. The monoisotopic (exact) mass is 422 g/mol. The maximum atomic E-state index is 12.7. The molecule has 0 radical (unpaired) electrons. The summed E-state index contributed by atoms with van der Waals surface area (Å²) in [4.78, 5) is 2.16. The van der Waals surface area contributed by atoms with Crippen molar-refractivity contribution in [3.8, 4) is 5.75 Å². The van der Waals surface area contributed by atoms with Crippen molar-refractivity contribution < 1.29 is 17.9 Å². The third-order valence-electron chi connectivity index (χ3n) is 5.95. The molecule has 0 amide bonds. The number of hydrogen-bond acceptors (Lipinski definition) is 4. The second-order valence-electron chi connectivity index (χ2n) is 7.67. The molecular weight excluding hydrogens is 405 g/mol. The van der Waals surface area contributed by atoms with Gasteiger partial charge in [-0.25, -0.2) is 0 Å². The molecule has 2 aliphatic heterocycles. The second-order valence-corrected chi connectivity index (χ2v) is 8.05. The summed E-state index contributed by atoms with van der Waals surface area (Å²) in [5.41, 5.74) is 2.29. The molecule has 0 atom stereocenters. The first-order valence-electron chi connectivity index (χ1n) is 9.42. The highest BCUT2D eigenvalue weighted by atomic mass is 35.5. The van der Waals surface area contributed by atoms with Crippen LogP contribution in [0.4, 0.5) is 18.9 Å². The lowest BCUT2D eigenvalue weighted by atomic mass is 9.74. The average Bonchev–Trinajstić information content (AvgIpc) is 3.25. The van der Waals surface area contributed by atoms with Crippen molar-refractivity contribution in [1.29, 1.82) is 0 Å². The van der Waals surface area contributed by atoms with Gasteiger partial charge in [0.2, 0.25) is 0 Å². The van der Waals surface area contributed by atoms with Gasteiger partial charge in [-0.3, -0.25) is 4.40 Å². The molecule has 1 spiro atoms. The maximum absolute atomic E-state index is 12.7. The number of rotatable bonds is 2. The molecule has 0 N–H and O–H groups in total. The van der Waals surface area contributed by atoms with E-state index in [9.17, 15) is 13.2 Å². The first-order chi connectivity index (χ1) is 13.9. The molecule has 2 aromatic heterocycles. The van der Waals surface area contributed by atoms with Gasteiger partial charge in [-0.05, 0) is 25.0 Å². The molecule has 29 heavy (non-hydrogen) atoms. The number of ether oxygens (including phenoxy) is 1. The highest BCUT2D eigenvalue weighted by Crippen LogP contribution is 2.46. The Morgan fingerprint density at radius 2 is 1.86 bits per heavy atom. The van der Waals surface area contributed by atoms with Crippen LogP contribution in [0, 0.1) is 0 Å². The molecule has 2 aliphatic rings. The second kappa shape index (κ2) is 6.52. The third-order valence-corrected chi connectivity index (χ3v) is 6.31. The number of benzene rings is 1. The van der Waals surface area contributed by atoms with Crippen LogP contribution in [0.25, 0.3) is 5.65 Å². The van der Waals surface area contributed by atoms with Crippen molar-refractivity contribution in [3.05, 3.63) is 52.9 Å². The van der Waals surface area contributed by atoms with E-state index < -0.39 is 12.6 Å². The zero-order chi connectivity index (χ0) is 20.2. The lowest BCUT2D eigenvalue weighted by Gasteiger charge is -2.40. The van der Waals surface area contributed by atoms with Gasteiger partial charge < -0.3 is 9.64 Å². The van der Waals surface area contributed by atoms with E-state index in [1.54, 1.807) is 12.3 Å². The highest BCUT2D eigenvalue weighted by Gasteiger charge is 2.43. The summed E-state index contributed by atoms with van der Waals surface area (Å²) >= 11 is 6.52. The van der Waals surface area contributed by atoms with Gasteiger partial charge in [0.05, 0.1) is 12.3 Å². The third kappa shape index (κ3) is 3.10. The fourth-order valence-corrected chi connectivity index (χ4v) is 4.73. The number of piperidine rings is 1. The normalized spacial score (nSPS) is 18.3. The summed E-state index contributed by atoms with van der Waals surface area (Å²) in [5, 5.41) is 7.90. The fraction of sp³-hybridized carbons (Fsp3) is 0.400. The van der Waals surface area contributed by atoms with Crippen molar-refractivity contribution >= 4 is 22.9 Å². The van der Waals surface area contributed by atoms with Gasteiger partial charge in [-0.15, -0.1) is 10.2 Å². The van der Waals surface area contributed by atoms with Crippen LogP contribution >= 0.6 is 11.6 Å². The summed E-state index contributed by atoms with van der Waals surface area (Å²) in [5.74, 6) is 0.791. The van der Waals surface area contributed by atoms with Crippen molar-refractivity contribution in [2.24, 2.45) is 0 Å². The minimum absolute atomic E-state index is 0.0123. The van der Waals surface area contributed by atoms with E-state index in [-0.39, 0.29) is 16.9 Å². The molecule has 1 saturated heterocycles. The lowest BCUT2D eigenvalue weighted by molar-refractivity contribution is -0.128. The highest BCUT2D eigenvalue weighted by molar-refractivity contribution is 6.36. The van der Waals surface area contributed by atoms with Crippen LogP contribution in [-0.4, -0.2) is 40.5 Å². The summed E-state index contributed by atoms with van der Waals surface area (Å²) < 4.78 is 45.4. The Balaban J connectivity index is 1.40. The van der Waals surface area contributed by atoms with Gasteiger partial charge in [0.25, 0.3) is 0 Å². The summed E-state index contributed by atoms with van der Waals surface area (Å²) in [7, 11) is 0. The van der Waals surface area contributed by atoms with Crippen molar-refractivity contribution in [1.82, 2.24) is 14.6 Å². The van der Waals surface area contributed by atoms with E-state index in [1.807, 2.05) is 18.2 Å².